The largest absolute Gasteiger partial charge is 0.454 e. The number of thioether (sulfide) groups is 1. The Hall–Kier alpha value is -3.37. The zero-order valence-electron chi connectivity index (χ0n) is 16.7. The summed E-state index contributed by atoms with van der Waals surface area (Å²) in [4.78, 5) is 28.5. The number of nitrogens with one attached hydrogen (secondary N) is 2. The smallest absolute Gasteiger partial charge is 0.250 e. The highest BCUT2D eigenvalue weighted by atomic mass is 32.2. The van der Waals surface area contributed by atoms with Crippen molar-refractivity contribution in [1.29, 1.82) is 0 Å². The van der Waals surface area contributed by atoms with Crippen LogP contribution in [0.4, 0.5) is 15.2 Å². The molecule has 3 aromatic rings. The van der Waals surface area contributed by atoms with Gasteiger partial charge in [0.25, 0.3) is 0 Å². The number of nitrogens with zero attached hydrogens (tertiary/aromatic N) is 1. The summed E-state index contributed by atoms with van der Waals surface area (Å²) in [6.07, 6.45) is 3.11. The van der Waals surface area contributed by atoms with Gasteiger partial charge in [0.05, 0.1) is 11.4 Å². The number of amides is 2. The predicted molar refractivity (Wildman–Crippen MR) is 124 cm³/mol. The summed E-state index contributed by atoms with van der Waals surface area (Å²) in [6, 6.07) is 11.0. The van der Waals surface area contributed by atoms with Crippen LogP contribution in [0.2, 0.25) is 0 Å². The number of carbonyl (C=O) groups is 2. The van der Waals surface area contributed by atoms with E-state index in [0.29, 0.717) is 28.1 Å². The van der Waals surface area contributed by atoms with Crippen LogP contribution in [0.15, 0.2) is 53.9 Å². The number of aromatic nitrogens is 1. The molecule has 10 heteroatoms. The highest BCUT2D eigenvalue weighted by Crippen LogP contribution is 2.32. The Labute approximate surface area is 191 Å². The molecule has 2 heterocycles. The van der Waals surface area contributed by atoms with Crippen molar-refractivity contribution >= 4 is 51.8 Å². The van der Waals surface area contributed by atoms with Gasteiger partial charge in [-0.2, -0.15) is 0 Å². The molecule has 0 radical (unpaired) electrons. The summed E-state index contributed by atoms with van der Waals surface area (Å²) >= 11 is 2.71. The van der Waals surface area contributed by atoms with E-state index in [-0.39, 0.29) is 30.2 Å². The van der Waals surface area contributed by atoms with Gasteiger partial charge in [-0.15, -0.1) is 23.1 Å². The maximum atomic E-state index is 12.9. The lowest BCUT2D eigenvalue weighted by atomic mass is 10.2. The normalized spacial score (nSPS) is 12.2. The van der Waals surface area contributed by atoms with Crippen molar-refractivity contribution in [2.24, 2.45) is 0 Å². The average molecular weight is 472 g/mol. The van der Waals surface area contributed by atoms with Gasteiger partial charge in [-0.3, -0.25) is 14.9 Å². The Morgan fingerprint density at radius 3 is 2.78 bits per heavy atom. The molecule has 0 bridgehead atoms. The first kappa shape index (κ1) is 21.8. The fourth-order valence-electron chi connectivity index (χ4n) is 2.75. The highest BCUT2D eigenvalue weighted by Gasteiger charge is 2.12. The molecule has 0 spiro atoms. The zero-order chi connectivity index (χ0) is 22.3. The molecule has 7 nitrogen and oxygen atoms in total. The van der Waals surface area contributed by atoms with E-state index in [1.165, 1.54) is 53.4 Å². The molecule has 1 aliphatic rings. The maximum absolute atomic E-state index is 12.9. The number of ether oxygens (including phenoxy) is 2. The maximum Gasteiger partial charge on any atom is 0.250 e. The lowest BCUT2D eigenvalue weighted by molar-refractivity contribution is -0.114. The molecule has 0 aliphatic carbocycles. The third kappa shape index (κ3) is 6.08. The Morgan fingerprint density at radius 1 is 1.12 bits per heavy atom. The van der Waals surface area contributed by atoms with E-state index in [0.717, 1.165) is 11.3 Å². The minimum Gasteiger partial charge on any atom is -0.454 e. The third-order valence-electron chi connectivity index (χ3n) is 4.22. The lowest BCUT2D eigenvalue weighted by Gasteiger charge is -2.04. The van der Waals surface area contributed by atoms with E-state index < -0.39 is 0 Å². The second-order valence-corrected chi connectivity index (χ2v) is 8.47. The van der Waals surface area contributed by atoms with Gasteiger partial charge in [0, 0.05) is 22.9 Å². The van der Waals surface area contributed by atoms with Crippen molar-refractivity contribution in [3.05, 3.63) is 71.0 Å². The predicted octanol–water partition coefficient (Wildman–Crippen LogP) is 4.53. The van der Waals surface area contributed by atoms with Crippen LogP contribution in [0, 0.1) is 5.82 Å². The first-order valence-corrected chi connectivity index (χ1v) is 11.5. The first-order chi connectivity index (χ1) is 15.5. The minimum absolute atomic E-state index is 0.181. The van der Waals surface area contributed by atoms with Gasteiger partial charge in [0.15, 0.2) is 16.6 Å². The molecule has 0 saturated carbocycles. The number of benzene rings is 2. The van der Waals surface area contributed by atoms with Gasteiger partial charge >= 0.3 is 0 Å². The fraction of sp³-hybridized carbons (Fsp3) is 0.136. The van der Waals surface area contributed by atoms with Crippen LogP contribution < -0.4 is 20.1 Å². The van der Waals surface area contributed by atoms with Gasteiger partial charge in [-0.05, 0) is 48.0 Å². The van der Waals surface area contributed by atoms with E-state index >= 15 is 0 Å². The molecule has 2 aromatic carbocycles. The van der Waals surface area contributed by atoms with Crippen LogP contribution in [-0.4, -0.2) is 29.3 Å². The molecule has 1 aromatic heterocycles. The molecular weight excluding hydrogens is 453 g/mol. The van der Waals surface area contributed by atoms with E-state index in [1.807, 2.05) is 11.4 Å². The standard InChI is InChI=1S/C22H18FN3O4S2/c23-15-3-5-16(6-4-15)24-21(28)12-31-10-17-11-32-22(25-17)26-20(27)8-2-14-1-7-18-19(9-14)30-13-29-18/h1-9,11H,10,12-13H2,(H,24,28)(H,25,26,27)/b8-2+. The number of thiazole rings is 1. The molecular formula is C22H18FN3O4S2. The summed E-state index contributed by atoms with van der Waals surface area (Å²) in [5.41, 5.74) is 2.13. The number of halogens is 1. The van der Waals surface area contributed by atoms with Crippen LogP contribution in [0.1, 0.15) is 11.3 Å². The molecule has 2 amide bonds. The molecule has 0 unspecified atom stereocenters. The highest BCUT2D eigenvalue weighted by molar-refractivity contribution is 7.99. The third-order valence-corrected chi connectivity index (χ3v) is 5.99. The molecule has 2 N–H and O–H groups in total. The Morgan fingerprint density at radius 2 is 1.94 bits per heavy atom. The monoisotopic (exact) mass is 471 g/mol. The number of hydrogen-bond acceptors (Lipinski definition) is 7. The summed E-state index contributed by atoms with van der Waals surface area (Å²) in [5, 5.41) is 7.75. The Balaban J connectivity index is 1.20. The molecule has 32 heavy (non-hydrogen) atoms. The summed E-state index contributed by atoms with van der Waals surface area (Å²) < 4.78 is 23.5. The zero-order valence-corrected chi connectivity index (χ0v) is 18.3. The SMILES string of the molecule is O=C(/C=C/c1ccc2c(c1)OCO2)Nc1nc(CSCC(=O)Nc2ccc(F)cc2)cs1. The quantitative estimate of drug-likeness (QED) is 0.469. The fourth-order valence-corrected chi connectivity index (χ4v) is 4.28. The van der Waals surface area contributed by atoms with Crippen LogP contribution in [-0.2, 0) is 15.3 Å². The van der Waals surface area contributed by atoms with Gasteiger partial charge < -0.3 is 14.8 Å². The van der Waals surface area contributed by atoms with Gasteiger partial charge in [0.2, 0.25) is 18.6 Å². The summed E-state index contributed by atoms with van der Waals surface area (Å²) in [6.45, 7) is 0.201. The molecule has 4 rings (SSSR count). The van der Waals surface area contributed by atoms with Crippen molar-refractivity contribution in [2.75, 3.05) is 23.2 Å². The van der Waals surface area contributed by atoms with Gasteiger partial charge in [-0.1, -0.05) is 6.07 Å². The van der Waals surface area contributed by atoms with Crippen molar-refractivity contribution < 1.29 is 23.5 Å². The summed E-state index contributed by atoms with van der Waals surface area (Å²) in [5.74, 6) is 1.26. The van der Waals surface area contributed by atoms with E-state index in [9.17, 15) is 14.0 Å². The van der Waals surface area contributed by atoms with Crippen molar-refractivity contribution in [3.8, 4) is 11.5 Å². The second kappa shape index (κ2) is 10.3. The van der Waals surface area contributed by atoms with Gasteiger partial charge in [0.1, 0.15) is 5.82 Å². The Bertz CT molecular complexity index is 1150. The van der Waals surface area contributed by atoms with E-state index in [4.69, 9.17) is 9.47 Å². The van der Waals surface area contributed by atoms with Crippen LogP contribution >= 0.6 is 23.1 Å². The molecule has 0 saturated heterocycles. The number of anilines is 2. The molecule has 164 valence electrons. The average Bonchev–Trinajstić information content (AvgIpc) is 3.43. The van der Waals surface area contributed by atoms with E-state index in [2.05, 4.69) is 15.6 Å². The summed E-state index contributed by atoms with van der Waals surface area (Å²) in [7, 11) is 0. The molecule has 0 fully saturated rings. The number of hydrogen-bond donors (Lipinski definition) is 2. The van der Waals surface area contributed by atoms with Crippen molar-refractivity contribution in [1.82, 2.24) is 4.98 Å². The number of fused-ring (bicyclic) bond motifs is 1. The van der Waals surface area contributed by atoms with Crippen molar-refractivity contribution in [2.45, 2.75) is 5.75 Å². The minimum atomic E-state index is -0.354. The molecule has 0 atom stereocenters. The van der Waals surface area contributed by atoms with Crippen LogP contribution in [0.3, 0.4) is 0 Å². The number of rotatable bonds is 8. The lowest BCUT2D eigenvalue weighted by Crippen LogP contribution is -2.14. The molecule has 1 aliphatic heterocycles. The van der Waals surface area contributed by atoms with Gasteiger partial charge in [-0.25, -0.2) is 9.37 Å². The van der Waals surface area contributed by atoms with Crippen molar-refractivity contribution in [3.63, 3.8) is 0 Å². The topological polar surface area (TPSA) is 89.6 Å². The van der Waals surface area contributed by atoms with Crippen LogP contribution in [0.25, 0.3) is 6.08 Å². The van der Waals surface area contributed by atoms with Crippen LogP contribution in [0.5, 0.6) is 11.5 Å². The second-order valence-electron chi connectivity index (χ2n) is 6.63. The first-order valence-electron chi connectivity index (χ1n) is 9.51. The Kier molecular flexibility index (Phi) is 7.03. The van der Waals surface area contributed by atoms with E-state index in [1.54, 1.807) is 18.2 Å². The number of carbonyl (C=O) groups excluding carboxylic acids is 2.